The van der Waals surface area contributed by atoms with E-state index in [2.05, 4.69) is 0 Å². The van der Waals surface area contributed by atoms with E-state index in [1.165, 1.54) is 14.2 Å². The summed E-state index contributed by atoms with van der Waals surface area (Å²) in [7, 11) is -0.472. The first-order chi connectivity index (χ1) is 9.53. The Balaban J connectivity index is 3.30. The average Bonchev–Trinajstić information content (AvgIpc) is 2.46. The van der Waals surface area contributed by atoms with Crippen LogP contribution in [0.2, 0.25) is 0 Å². The van der Waals surface area contributed by atoms with E-state index in [0.29, 0.717) is 17.1 Å². The van der Waals surface area contributed by atoms with Gasteiger partial charge in [-0.15, -0.1) is 0 Å². The minimum atomic E-state index is -3.49. The van der Waals surface area contributed by atoms with Crippen molar-refractivity contribution in [3.63, 3.8) is 0 Å². The van der Waals surface area contributed by atoms with Crippen LogP contribution < -0.4 is 15.2 Å². The van der Waals surface area contributed by atoms with Gasteiger partial charge in [-0.05, 0) is 26.0 Å². The lowest BCUT2D eigenvalue weighted by molar-refractivity contribution is 0.211. The summed E-state index contributed by atoms with van der Waals surface area (Å²) in [6.45, 7) is 3.95. The Hall–Kier alpha value is -1.07. The third kappa shape index (κ3) is 3.52. The van der Waals surface area contributed by atoms with E-state index in [0.717, 1.165) is 0 Å². The largest absolute Gasteiger partial charge is 0.496 e. The highest BCUT2D eigenvalue weighted by Crippen LogP contribution is 2.60. The van der Waals surface area contributed by atoms with Crippen LogP contribution in [0.25, 0.3) is 0 Å². The maximum atomic E-state index is 12.8. The summed E-state index contributed by atoms with van der Waals surface area (Å²) in [5.41, 5.74) is 6.60. The Morgan fingerprint density at radius 2 is 1.55 bits per heavy atom. The second kappa shape index (κ2) is 7.64. The maximum absolute atomic E-state index is 12.8. The molecule has 0 aromatic heterocycles. The number of benzene rings is 1. The van der Waals surface area contributed by atoms with Gasteiger partial charge in [0, 0.05) is 0 Å². The zero-order valence-electron chi connectivity index (χ0n) is 12.3. The quantitative estimate of drug-likeness (QED) is 0.744. The third-order valence-corrected chi connectivity index (χ3v) is 4.90. The molecule has 0 saturated carbocycles. The molecule has 0 fully saturated rings. The van der Waals surface area contributed by atoms with Crippen molar-refractivity contribution in [1.29, 1.82) is 0 Å². The maximum Gasteiger partial charge on any atom is 0.352 e. The van der Waals surface area contributed by atoms with Crippen molar-refractivity contribution in [2.75, 3.05) is 27.4 Å². The van der Waals surface area contributed by atoms with Crippen molar-refractivity contribution < 1.29 is 23.1 Å². The lowest BCUT2D eigenvalue weighted by Crippen LogP contribution is -2.17. The van der Waals surface area contributed by atoms with E-state index in [9.17, 15) is 4.57 Å². The molecule has 0 radical (unpaired) electrons. The van der Waals surface area contributed by atoms with Crippen LogP contribution in [-0.2, 0) is 13.6 Å². The molecule has 114 valence electrons. The van der Waals surface area contributed by atoms with Crippen LogP contribution in [0, 0.1) is 0 Å². The molecule has 0 aliphatic heterocycles. The van der Waals surface area contributed by atoms with Crippen molar-refractivity contribution in [3.05, 3.63) is 23.8 Å². The van der Waals surface area contributed by atoms with Gasteiger partial charge in [0.2, 0.25) is 0 Å². The van der Waals surface area contributed by atoms with Crippen LogP contribution in [0.1, 0.15) is 25.2 Å². The van der Waals surface area contributed by atoms with Crippen molar-refractivity contribution in [1.82, 2.24) is 0 Å². The van der Waals surface area contributed by atoms with E-state index in [4.69, 9.17) is 24.3 Å². The van der Waals surface area contributed by atoms with Crippen LogP contribution in [0.3, 0.4) is 0 Å². The first kappa shape index (κ1) is 17.0. The summed E-state index contributed by atoms with van der Waals surface area (Å²) in [5, 5.41) is 0. The summed E-state index contributed by atoms with van der Waals surface area (Å²) in [6.07, 6.45) is 0. The number of hydrogen-bond acceptors (Lipinski definition) is 6. The summed E-state index contributed by atoms with van der Waals surface area (Å²) >= 11 is 0. The van der Waals surface area contributed by atoms with Gasteiger partial charge in [0.25, 0.3) is 0 Å². The number of rotatable bonds is 8. The molecule has 0 amide bonds. The second-order valence-electron chi connectivity index (χ2n) is 3.90. The normalized spacial score (nSPS) is 13.1. The fraction of sp³-hybridized carbons (Fsp3) is 0.538. The van der Waals surface area contributed by atoms with E-state index < -0.39 is 13.4 Å². The standard InChI is InChI=1S/C13H22NO5P/c1-5-18-20(15,19-6-2)13(14)12-10(16-3)8-7-9-11(12)17-4/h7-9,13H,5-6,14H2,1-4H3/t13-/m0/s1. The van der Waals surface area contributed by atoms with Crippen molar-refractivity contribution in [2.45, 2.75) is 19.6 Å². The number of nitrogens with two attached hydrogens (primary N) is 1. The molecular weight excluding hydrogens is 281 g/mol. The van der Waals surface area contributed by atoms with Gasteiger partial charge in [-0.3, -0.25) is 4.57 Å². The average molecular weight is 303 g/mol. The molecule has 1 rings (SSSR count). The topological polar surface area (TPSA) is 80.0 Å². The van der Waals surface area contributed by atoms with Crippen LogP contribution in [-0.4, -0.2) is 27.4 Å². The smallest absolute Gasteiger partial charge is 0.352 e. The molecule has 0 bridgehead atoms. The lowest BCUT2D eigenvalue weighted by atomic mass is 10.1. The molecule has 0 saturated heterocycles. The van der Waals surface area contributed by atoms with Crippen molar-refractivity contribution in [2.24, 2.45) is 5.73 Å². The zero-order chi connectivity index (χ0) is 15.2. The fourth-order valence-electron chi connectivity index (χ4n) is 1.89. The highest BCUT2D eigenvalue weighted by Gasteiger charge is 2.37. The van der Waals surface area contributed by atoms with E-state index in [1.807, 2.05) is 0 Å². The van der Waals surface area contributed by atoms with E-state index in [1.54, 1.807) is 32.0 Å². The van der Waals surface area contributed by atoms with Gasteiger partial charge < -0.3 is 24.3 Å². The lowest BCUT2D eigenvalue weighted by Gasteiger charge is -2.25. The molecule has 2 N–H and O–H groups in total. The minimum Gasteiger partial charge on any atom is -0.496 e. The van der Waals surface area contributed by atoms with Crippen molar-refractivity contribution >= 4 is 7.60 Å². The monoisotopic (exact) mass is 303 g/mol. The van der Waals surface area contributed by atoms with Gasteiger partial charge in [-0.2, -0.15) is 0 Å². The van der Waals surface area contributed by atoms with Gasteiger partial charge in [-0.1, -0.05) is 6.07 Å². The Bertz CT molecular complexity index is 448. The number of hydrogen-bond donors (Lipinski definition) is 1. The zero-order valence-corrected chi connectivity index (χ0v) is 13.2. The van der Waals surface area contributed by atoms with Gasteiger partial charge in [-0.25, -0.2) is 0 Å². The molecule has 0 heterocycles. The summed E-state index contributed by atoms with van der Waals surface area (Å²) in [4.78, 5) is 0. The van der Waals surface area contributed by atoms with Crippen molar-refractivity contribution in [3.8, 4) is 11.5 Å². The van der Waals surface area contributed by atoms with E-state index in [-0.39, 0.29) is 13.2 Å². The molecule has 20 heavy (non-hydrogen) atoms. The molecule has 0 aliphatic carbocycles. The van der Waals surface area contributed by atoms with Crippen LogP contribution in [0.4, 0.5) is 0 Å². The molecule has 0 unspecified atom stereocenters. The first-order valence-corrected chi connectivity index (χ1v) is 8.00. The van der Waals surface area contributed by atoms with E-state index >= 15 is 0 Å². The van der Waals surface area contributed by atoms with Crippen LogP contribution in [0.5, 0.6) is 11.5 Å². The predicted octanol–water partition coefficient (Wildman–Crippen LogP) is 2.93. The fourth-order valence-corrected chi connectivity index (χ4v) is 3.57. The second-order valence-corrected chi connectivity index (χ2v) is 6.05. The molecule has 1 atom stereocenters. The molecule has 1 aromatic rings. The SMILES string of the molecule is CCOP(=O)(OCC)[C@H](N)c1c(OC)cccc1OC. The van der Waals surface area contributed by atoms with Gasteiger partial charge >= 0.3 is 7.60 Å². The molecule has 6 nitrogen and oxygen atoms in total. The minimum absolute atomic E-state index is 0.239. The van der Waals surface area contributed by atoms with Crippen LogP contribution in [0.15, 0.2) is 18.2 Å². The Morgan fingerprint density at radius 1 is 1.10 bits per heavy atom. The summed E-state index contributed by atoms with van der Waals surface area (Å²) < 4.78 is 33.9. The first-order valence-electron chi connectivity index (χ1n) is 6.39. The van der Waals surface area contributed by atoms with Gasteiger partial charge in [0.1, 0.15) is 17.3 Å². The Kier molecular flexibility index (Phi) is 6.49. The predicted molar refractivity (Wildman–Crippen MR) is 77.3 cm³/mol. The molecule has 0 spiro atoms. The Labute approximate surface area is 119 Å². The molecule has 1 aromatic carbocycles. The Morgan fingerprint density at radius 3 is 1.90 bits per heavy atom. The van der Waals surface area contributed by atoms with Gasteiger partial charge in [0.15, 0.2) is 0 Å². The highest BCUT2D eigenvalue weighted by molar-refractivity contribution is 7.54. The highest BCUT2D eigenvalue weighted by atomic mass is 31.2. The molecular formula is C13H22NO5P. The van der Waals surface area contributed by atoms with Crippen LogP contribution >= 0.6 is 7.60 Å². The summed E-state index contributed by atoms with van der Waals surface area (Å²) in [5.74, 6) is -0.0125. The number of ether oxygens (including phenoxy) is 2. The summed E-state index contributed by atoms with van der Waals surface area (Å²) in [6, 6.07) is 5.21. The molecule has 7 heteroatoms. The third-order valence-electron chi connectivity index (χ3n) is 2.72. The van der Waals surface area contributed by atoms with Gasteiger partial charge in [0.05, 0.1) is 33.0 Å². The molecule has 0 aliphatic rings. The number of methoxy groups -OCH3 is 2.